The average Bonchev–Trinajstić information content (AvgIpc) is 3.74. The van der Waals surface area contributed by atoms with Gasteiger partial charge in [0, 0.05) is 86.8 Å². The van der Waals surface area contributed by atoms with Crippen LogP contribution in [0.25, 0.3) is 21.1 Å². The van der Waals surface area contributed by atoms with Gasteiger partial charge in [-0.15, -0.1) is 11.3 Å². The second-order valence-electron chi connectivity index (χ2n) is 14.3. The lowest BCUT2D eigenvalue weighted by atomic mass is 10.0. The number of hydrogen-bond acceptors (Lipinski definition) is 9. The fourth-order valence-electron chi connectivity index (χ4n) is 7.36. The molecule has 0 bridgehead atoms. The molecule has 1 saturated carbocycles. The van der Waals surface area contributed by atoms with Crippen molar-refractivity contribution in [2.45, 2.75) is 77.3 Å². The lowest BCUT2D eigenvalue weighted by molar-refractivity contribution is -0.126. The van der Waals surface area contributed by atoms with Crippen LogP contribution in [-0.2, 0) is 29.7 Å². The van der Waals surface area contributed by atoms with Crippen molar-refractivity contribution in [3.8, 4) is 6.07 Å². The zero-order valence-electron chi connectivity index (χ0n) is 28.9. The predicted octanol–water partition coefficient (Wildman–Crippen LogP) is 5.26. The van der Waals surface area contributed by atoms with Gasteiger partial charge in [0.25, 0.3) is 10.2 Å². The number of benzene rings is 1. The number of rotatable bonds is 12. The summed E-state index contributed by atoms with van der Waals surface area (Å²) in [5.41, 5.74) is 4.01. The molecule has 4 aromatic rings. The Labute approximate surface area is 300 Å². The number of piperidine rings is 1. The normalized spacial score (nSPS) is 19.5. The molecule has 16 heteroatoms. The Morgan fingerprint density at radius 2 is 1.78 bits per heavy atom. The van der Waals surface area contributed by atoms with E-state index in [1.54, 1.807) is 10.4 Å². The van der Waals surface area contributed by atoms with Crippen LogP contribution in [0.2, 0.25) is 0 Å². The number of nitrogens with zero attached hydrogens (tertiary/aromatic N) is 7. The molecule has 0 amide bonds. The maximum atomic E-state index is 13.0. The zero-order chi connectivity index (χ0) is 35.9. The maximum Gasteiger partial charge on any atom is 0.393 e. The molecule has 5 heterocycles. The van der Waals surface area contributed by atoms with E-state index >= 15 is 0 Å². The average molecular weight is 744 g/mol. The van der Waals surface area contributed by atoms with E-state index in [4.69, 9.17) is 0 Å². The van der Waals surface area contributed by atoms with E-state index in [1.807, 2.05) is 6.07 Å². The van der Waals surface area contributed by atoms with E-state index in [1.165, 1.54) is 11.9 Å². The van der Waals surface area contributed by atoms with Gasteiger partial charge < -0.3 is 9.88 Å². The van der Waals surface area contributed by atoms with Crippen molar-refractivity contribution in [1.82, 2.24) is 33.4 Å². The Morgan fingerprint density at radius 3 is 2.47 bits per heavy atom. The molecule has 7 rings (SSSR count). The predicted molar refractivity (Wildman–Crippen MR) is 193 cm³/mol. The van der Waals surface area contributed by atoms with Crippen LogP contribution >= 0.6 is 11.3 Å². The summed E-state index contributed by atoms with van der Waals surface area (Å²) in [6.07, 6.45) is 0.110. The van der Waals surface area contributed by atoms with Gasteiger partial charge in [-0.05, 0) is 74.8 Å². The third-order valence-electron chi connectivity index (χ3n) is 10.6. The molecular formula is C35H44F3N9O2S2. The lowest BCUT2D eigenvalue weighted by Gasteiger charge is -2.37. The molecule has 0 spiro atoms. The summed E-state index contributed by atoms with van der Waals surface area (Å²) in [6.45, 7) is 10.1. The van der Waals surface area contributed by atoms with E-state index in [-0.39, 0.29) is 17.0 Å². The highest BCUT2D eigenvalue weighted by Crippen LogP contribution is 2.34. The fraction of sp³-hybridized carbons (Fsp3) is 0.571. The smallest absolute Gasteiger partial charge is 0.367 e. The van der Waals surface area contributed by atoms with Crippen LogP contribution in [0.1, 0.15) is 54.3 Å². The first-order valence-corrected chi connectivity index (χ1v) is 19.9. The Kier molecular flexibility index (Phi) is 10.3. The molecule has 0 radical (unpaired) electrons. The van der Waals surface area contributed by atoms with Gasteiger partial charge in [0.1, 0.15) is 28.7 Å². The highest BCUT2D eigenvalue weighted by molar-refractivity contribution is 7.87. The lowest BCUT2D eigenvalue weighted by Crippen LogP contribution is -2.54. The molecule has 1 aromatic carbocycles. The Bertz CT molecular complexity index is 2020. The van der Waals surface area contributed by atoms with Crippen LogP contribution < -0.4 is 10.0 Å². The zero-order valence-corrected chi connectivity index (χ0v) is 30.5. The molecule has 274 valence electrons. The van der Waals surface area contributed by atoms with E-state index < -0.39 is 22.8 Å². The first-order chi connectivity index (χ1) is 24.4. The van der Waals surface area contributed by atoms with Crippen molar-refractivity contribution in [3.05, 3.63) is 52.3 Å². The van der Waals surface area contributed by atoms with Crippen LogP contribution in [0.3, 0.4) is 0 Å². The molecule has 1 aliphatic carbocycles. The molecule has 1 atom stereocenters. The van der Waals surface area contributed by atoms with Crippen molar-refractivity contribution in [2.24, 2.45) is 5.92 Å². The molecule has 11 nitrogen and oxygen atoms in total. The van der Waals surface area contributed by atoms with E-state index in [2.05, 4.69) is 66.4 Å². The van der Waals surface area contributed by atoms with Gasteiger partial charge in [-0.25, -0.2) is 14.7 Å². The first-order valence-electron chi connectivity index (χ1n) is 17.7. The standard InChI is InChI=1S/C35H44F3N9O2S2/c1-23(45-11-13-46(14-12-45)51(48,49)42-19-25-3-4-25)20-47-28(18-39)15-30-24(2)26(5-6-32(30)47)21-44-9-7-27(8-10-44)43-33-31-16-29(17-35(36,37)38)50-34(31)41-22-40-33/h5-6,15-16,22-23,25,27,42H,3-4,7-14,17,19-21H2,1-2H3,(H,40,41,43). The summed E-state index contributed by atoms with van der Waals surface area (Å²) in [6, 6.07) is 10.5. The summed E-state index contributed by atoms with van der Waals surface area (Å²) in [4.78, 5) is 14.1. The summed E-state index contributed by atoms with van der Waals surface area (Å²) in [5.74, 6) is 1.07. The number of likely N-dealkylation sites (tertiary alicyclic amines) is 1. The molecule has 3 aromatic heterocycles. The molecular weight excluding hydrogens is 700 g/mol. The number of piperazine rings is 1. The van der Waals surface area contributed by atoms with Crippen LogP contribution in [0.15, 0.2) is 30.6 Å². The number of alkyl halides is 3. The number of aryl methyl sites for hydroxylation is 1. The van der Waals surface area contributed by atoms with Crippen molar-refractivity contribution in [1.29, 1.82) is 5.26 Å². The van der Waals surface area contributed by atoms with Crippen molar-refractivity contribution in [3.63, 3.8) is 0 Å². The second kappa shape index (κ2) is 14.6. The number of halogens is 3. The summed E-state index contributed by atoms with van der Waals surface area (Å²) in [5, 5.41) is 15.3. The van der Waals surface area contributed by atoms with Gasteiger partial charge in [0.05, 0.1) is 11.8 Å². The highest BCUT2D eigenvalue weighted by Gasteiger charge is 2.32. The molecule has 2 N–H and O–H groups in total. The summed E-state index contributed by atoms with van der Waals surface area (Å²) < 4.78 is 70.8. The van der Waals surface area contributed by atoms with Gasteiger partial charge >= 0.3 is 6.18 Å². The highest BCUT2D eigenvalue weighted by atomic mass is 32.2. The molecule has 3 fully saturated rings. The molecule has 2 saturated heterocycles. The molecule has 51 heavy (non-hydrogen) atoms. The summed E-state index contributed by atoms with van der Waals surface area (Å²) in [7, 11) is -3.46. The maximum absolute atomic E-state index is 13.0. The van der Waals surface area contributed by atoms with E-state index in [9.17, 15) is 26.9 Å². The number of thiophene rings is 1. The van der Waals surface area contributed by atoms with Crippen molar-refractivity contribution in [2.75, 3.05) is 51.1 Å². The SMILES string of the molecule is Cc1c(CN2CCC(Nc3ncnc4sc(CC(F)(F)F)cc34)CC2)ccc2c1cc(C#N)n2CC(C)N1CCN(S(=O)(=O)NCC2CC2)CC1. The minimum atomic E-state index is -4.27. The van der Waals surface area contributed by atoms with E-state index in [0.717, 1.165) is 73.1 Å². The number of anilines is 1. The monoisotopic (exact) mass is 743 g/mol. The number of nitrogens with one attached hydrogen (secondary N) is 2. The topological polar surface area (TPSA) is 122 Å². The summed E-state index contributed by atoms with van der Waals surface area (Å²) >= 11 is 1.06. The molecule has 3 aliphatic rings. The Hall–Kier alpha value is -3.33. The molecule has 2 aliphatic heterocycles. The van der Waals surface area contributed by atoms with Gasteiger partial charge in [-0.2, -0.15) is 31.2 Å². The number of nitriles is 1. The van der Waals surface area contributed by atoms with Crippen LogP contribution in [0.5, 0.6) is 0 Å². The third-order valence-corrected chi connectivity index (χ3v) is 13.2. The van der Waals surface area contributed by atoms with Crippen LogP contribution in [0, 0.1) is 24.2 Å². The third kappa shape index (κ3) is 8.34. The van der Waals surface area contributed by atoms with E-state index in [0.29, 0.717) is 66.9 Å². The minimum Gasteiger partial charge on any atom is -0.367 e. The second-order valence-corrected chi connectivity index (χ2v) is 17.1. The van der Waals surface area contributed by atoms with Crippen LogP contribution in [0.4, 0.5) is 19.0 Å². The molecule has 1 unspecified atom stereocenters. The van der Waals surface area contributed by atoms with Gasteiger partial charge in [0.2, 0.25) is 0 Å². The fourth-order valence-corrected chi connectivity index (χ4v) is 9.66. The van der Waals surface area contributed by atoms with Crippen LogP contribution in [-0.4, -0.2) is 101 Å². The van der Waals surface area contributed by atoms with Crippen molar-refractivity contribution < 1.29 is 21.6 Å². The number of hydrogen-bond donors (Lipinski definition) is 2. The Balaban J connectivity index is 0.952. The van der Waals surface area contributed by atoms with Gasteiger partial charge in [-0.3, -0.25) is 9.80 Å². The largest absolute Gasteiger partial charge is 0.393 e. The Morgan fingerprint density at radius 1 is 1.04 bits per heavy atom. The van der Waals surface area contributed by atoms with Gasteiger partial charge in [-0.1, -0.05) is 6.07 Å². The first kappa shape index (κ1) is 36.0. The minimum absolute atomic E-state index is 0.118. The number of fused-ring (bicyclic) bond motifs is 2. The van der Waals surface area contributed by atoms with Crippen molar-refractivity contribution >= 4 is 48.5 Å². The van der Waals surface area contributed by atoms with Gasteiger partial charge in [0.15, 0.2) is 0 Å². The quantitative estimate of drug-likeness (QED) is 0.202. The number of aromatic nitrogens is 3.